The molecule has 0 amide bonds. The van der Waals surface area contributed by atoms with E-state index < -0.39 is 0 Å². The van der Waals surface area contributed by atoms with Crippen LogP contribution >= 0.6 is 0 Å². The van der Waals surface area contributed by atoms with E-state index in [-0.39, 0.29) is 0 Å². The lowest BCUT2D eigenvalue weighted by Crippen LogP contribution is -2.57. The average Bonchev–Trinajstić information content (AvgIpc) is 2.33. The van der Waals surface area contributed by atoms with E-state index in [1.54, 1.807) is 0 Å². The third-order valence-corrected chi connectivity index (χ3v) is 3.40. The van der Waals surface area contributed by atoms with Crippen molar-refractivity contribution in [1.82, 2.24) is 9.91 Å². The van der Waals surface area contributed by atoms with Gasteiger partial charge in [0.1, 0.15) is 0 Å². The van der Waals surface area contributed by atoms with Crippen LogP contribution < -0.4 is 5.84 Å². The lowest BCUT2D eigenvalue weighted by atomic mass is 9.87. The van der Waals surface area contributed by atoms with Gasteiger partial charge in [-0.15, -0.1) is 0 Å². The standard InChI is InChI=1S/C9H19N3/c1-11-6-2-4-9(8-11)5-3-7-12(9)10/h2-8,10H2,1H3. The number of hydrogen-bond donors (Lipinski definition) is 1. The Morgan fingerprint density at radius 2 is 1.83 bits per heavy atom. The average molecular weight is 169 g/mol. The Morgan fingerprint density at radius 1 is 1.17 bits per heavy atom. The number of likely N-dealkylation sites (N-methyl/N-ethyl adjacent to an activating group) is 1. The van der Waals surface area contributed by atoms with Gasteiger partial charge >= 0.3 is 0 Å². The van der Waals surface area contributed by atoms with Crippen molar-refractivity contribution in [3.05, 3.63) is 0 Å². The van der Waals surface area contributed by atoms with Crippen molar-refractivity contribution < 1.29 is 0 Å². The molecule has 0 radical (unpaired) electrons. The molecule has 1 spiro atoms. The lowest BCUT2D eigenvalue weighted by molar-refractivity contribution is 0.0531. The SMILES string of the molecule is CN1CCCC2(CCCN2N)C1. The first-order chi connectivity index (χ1) is 5.73. The van der Waals surface area contributed by atoms with Gasteiger partial charge < -0.3 is 4.90 Å². The molecule has 2 N–H and O–H groups in total. The summed E-state index contributed by atoms with van der Waals surface area (Å²) in [5.41, 5.74) is 0.340. The molecule has 2 aliphatic rings. The van der Waals surface area contributed by atoms with E-state index in [2.05, 4.69) is 17.0 Å². The molecular weight excluding hydrogens is 150 g/mol. The highest BCUT2D eigenvalue weighted by Crippen LogP contribution is 2.34. The van der Waals surface area contributed by atoms with Crippen LogP contribution in [0.1, 0.15) is 25.7 Å². The molecule has 0 aromatic heterocycles. The van der Waals surface area contributed by atoms with Crippen LogP contribution in [-0.4, -0.2) is 42.1 Å². The molecule has 2 fully saturated rings. The highest BCUT2D eigenvalue weighted by molar-refractivity contribution is 4.97. The normalized spacial score (nSPS) is 39.5. The zero-order chi connectivity index (χ0) is 8.60. The van der Waals surface area contributed by atoms with Crippen LogP contribution in [0.2, 0.25) is 0 Å². The Bertz CT molecular complexity index is 171. The summed E-state index contributed by atoms with van der Waals surface area (Å²) in [4.78, 5) is 2.41. The lowest BCUT2D eigenvalue weighted by Gasteiger charge is -2.42. The van der Waals surface area contributed by atoms with E-state index in [0.29, 0.717) is 5.54 Å². The molecule has 0 aliphatic carbocycles. The van der Waals surface area contributed by atoms with E-state index >= 15 is 0 Å². The summed E-state index contributed by atoms with van der Waals surface area (Å²) in [5, 5.41) is 2.09. The van der Waals surface area contributed by atoms with Crippen LogP contribution in [0.25, 0.3) is 0 Å². The molecule has 0 saturated carbocycles. The van der Waals surface area contributed by atoms with E-state index in [4.69, 9.17) is 5.84 Å². The van der Waals surface area contributed by atoms with Crippen molar-refractivity contribution in [3.63, 3.8) is 0 Å². The summed E-state index contributed by atoms with van der Waals surface area (Å²) < 4.78 is 0. The number of rotatable bonds is 0. The fraction of sp³-hybridized carbons (Fsp3) is 1.00. The molecule has 12 heavy (non-hydrogen) atoms. The largest absolute Gasteiger partial charge is 0.304 e. The van der Waals surface area contributed by atoms with Crippen molar-refractivity contribution in [1.29, 1.82) is 0 Å². The Hall–Kier alpha value is -0.120. The monoisotopic (exact) mass is 169 g/mol. The molecule has 1 unspecified atom stereocenters. The minimum atomic E-state index is 0.340. The molecule has 2 heterocycles. The highest BCUT2D eigenvalue weighted by atomic mass is 15.5. The Balaban J connectivity index is 2.08. The summed E-state index contributed by atoms with van der Waals surface area (Å²) in [6.07, 6.45) is 5.19. The Labute approximate surface area is 74.5 Å². The summed E-state index contributed by atoms with van der Waals surface area (Å²) in [5.74, 6) is 6.01. The Kier molecular flexibility index (Phi) is 2.10. The maximum Gasteiger partial charge on any atom is 0.0479 e. The predicted molar refractivity (Wildman–Crippen MR) is 49.6 cm³/mol. The van der Waals surface area contributed by atoms with Gasteiger partial charge in [0.05, 0.1) is 0 Å². The molecule has 0 bridgehead atoms. The smallest absolute Gasteiger partial charge is 0.0479 e. The minimum absolute atomic E-state index is 0.340. The quantitative estimate of drug-likeness (QED) is 0.533. The van der Waals surface area contributed by atoms with Gasteiger partial charge in [0.2, 0.25) is 0 Å². The van der Waals surface area contributed by atoms with E-state index in [1.807, 2.05) is 0 Å². The molecule has 0 aromatic rings. The van der Waals surface area contributed by atoms with Crippen molar-refractivity contribution in [2.45, 2.75) is 31.2 Å². The van der Waals surface area contributed by atoms with Gasteiger partial charge in [0.25, 0.3) is 0 Å². The van der Waals surface area contributed by atoms with Crippen LogP contribution in [0, 0.1) is 0 Å². The number of hydrazine groups is 1. The van der Waals surface area contributed by atoms with Gasteiger partial charge in [-0.05, 0) is 39.3 Å². The topological polar surface area (TPSA) is 32.5 Å². The van der Waals surface area contributed by atoms with Crippen LogP contribution in [0.5, 0.6) is 0 Å². The number of hydrogen-bond acceptors (Lipinski definition) is 3. The van der Waals surface area contributed by atoms with E-state index in [0.717, 1.165) is 6.54 Å². The molecule has 2 rings (SSSR count). The number of piperidine rings is 1. The van der Waals surface area contributed by atoms with Crippen molar-refractivity contribution >= 4 is 0 Å². The number of likely N-dealkylation sites (tertiary alicyclic amines) is 1. The summed E-state index contributed by atoms with van der Waals surface area (Å²) in [6, 6.07) is 0. The predicted octanol–water partition coefficient (Wildman–Crippen LogP) is 0.420. The fourth-order valence-corrected chi connectivity index (χ4v) is 2.74. The van der Waals surface area contributed by atoms with E-state index in [9.17, 15) is 0 Å². The molecular formula is C9H19N3. The zero-order valence-corrected chi connectivity index (χ0v) is 7.92. The van der Waals surface area contributed by atoms with Crippen LogP contribution in [-0.2, 0) is 0 Å². The molecule has 1 atom stereocenters. The van der Waals surface area contributed by atoms with Gasteiger partial charge in [-0.2, -0.15) is 0 Å². The van der Waals surface area contributed by atoms with Crippen LogP contribution in [0.3, 0.4) is 0 Å². The van der Waals surface area contributed by atoms with Gasteiger partial charge in [-0.1, -0.05) is 0 Å². The third-order valence-electron chi connectivity index (χ3n) is 3.40. The maximum atomic E-state index is 6.01. The summed E-state index contributed by atoms with van der Waals surface area (Å²) in [7, 11) is 2.20. The molecule has 2 aliphatic heterocycles. The second-order valence-electron chi connectivity index (χ2n) is 4.36. The number of nitrogens with two attached hydrogens (primary N) is 1. The summed E-state index contributed by atoms with van der Waals surface area (Å²) >= 11 is 0. The molecule has 0 aromatic carbocycles. The highest BCUT2D eigenvalue weighted by Gasteiger charge is 2.41. The van der Waals surface area contributed by atoms with Crippen molar-refractivity contribution in [3.8, 4) is 0 Å². The van der Waals surface area contributed by atoms with Crippen LogP contribution in [0.15, 0.2) is 0 Å². The second kappa shape index (κ2) is 2.98. The first kappa shape index (κ1) is 8.48. The third kappa shape index (κ3) is 1.26. The maximum absolute atomic E-state index is 6.01. The van der Waals surface area contributed by atoms with Crippen LogP contribution in [0.4, 0.5) is 0 Å². The molecule has 2 saturated heterocycles. The van der Waals surface area contributed by atoms with E-state index in [1.165, 1.54) is 38.8 Å². The molecule has 3 heteroatoms. The first-order valence-electron chi connectivity index (χ1n) is 4.94. The van der Waals surface area contributed by atoms with Gasteiger partial charge in [0, 0.05) is 18.6 Å². The fourth-order valence-electron chi connectivity index (χ4n) is 2.74. The second-order valence-corrected chi connectivity index (χ2v) is 4.36. The Morgan fingerprint density at radius 3 is 2.42 bits per heavy atom. The first-order valence-corrected chi connectivity index (χ1v) is 4.94. The molecule has 3 nitrogen and oxygen atoms in total. The number of nitrogens with zero attached hydrogens (tertiary/aromatic N) is 2. The van der Waals surface area contributed by atoms with Gasteiger partial charge in [0.15, 0.2) is 0 Å². The minimum Gasteiger partial charge on any atom is -0.304 e. The van der Waals surface area contributed by atoms with Crippen molar-refractivity contribution in [2.75, 3.05) is 26.7 Å². The molecule has 70 valence electrons. The summed E-state index contributed by atoms with van der Waals surface area (Å²) in [6.45, 7) is 3.51. The van der Waals surface area contributed by atoms with Gasteiger partial charge in [-0.25, -0.2) is 5.01 Å². The van der Waals surface area contributed by atoms with Gasteiger partial charge in [-0.3, -0.25) is 5.84 Å². The van der Waals surface area contributed by atoms with Crippen molar-refractivity contribution in [2.24, 2.45) is 5.84 Å². The zero-order valence-electron chi connectivity index (χ0n) is 7.92.